The summed E-state index contributed by atoms with van der Waals surface area (Å²) in [5, 5.41) is 8.91. The van der Waals surface area contributed by atoms with Crippen molar-refractivity contribution in [2.75, 3.05) is 7.05 Å². The molecule has 0 aliphatic heterocycles. The van der Waals surface area contributed by atoms with Gasteiger partial charge in [0.2, 0.25) is 5.91 Å². The predicted octanol–water partition coefficient (Wildman–Crippen LogP) is 7.22. The number of rotatable bonds is 7. The van der Waals surface area contributed by atoms with Crippen molar-refractivity contribution in [1.82, 2.24) is 0 Å². The van der Waals surface area contributed by atoms with E-state index in [9.17, 15) is 31.1 Å². The van der Waals surface area contributed by atoms with E-state index in [1.165, 1.54) is 26.3 Å². The van der Waals surface area contributed by atoms with Crippen molar-refractivity contribution >= 4 is 18.0 Å². The van der Waals surface area contributed by atoms with Crippen LogP contribution in [0.4, 0.5) is 26.3 Å². The minimum absolute atomic E-state index is 0.0619. The second-order valence-electron chi connectivity index (χ2n) is 7.72. The Balaban J connectivity index is 0.000000726. The van der Waals surface area contributed by atoms with Crippen molar-refractivity contribution in [2.45, 2.75) is 46.5 Å². The molecule has 38 heavy (non-hydrogen) atoms. The minimum Gasteiger partial charge on any atom is -0.366 e. The van der Waals surface area contributed by atoms with Crippen molar-refractivity contribution in [3.05, 3.63) is 82.5 Å². The van der Waals surface area contributed by atoms with Crippen LogP contribution >= 0.6 is 0 Å². The molecule has 0 fully saturated rings. The van der Waals surface area contributed by atoms with E-state index in [0.29, 0.717) is 34.8 Å². The van der Waals surface area contributed by atoms with Crippen LogP contribution in [0.5, 0.6) is 0 Å². The van der Waals surface area contributed by atoms with Crippen LogP contribution in [0.1, 0.15) is 50.8 Å². The van der Waals surface area contributed by atoms with Gasteiger partial charge in [-0.25, -0.2) is 4.99 Å². The molecule has 1 aromatic rings. The summed E-state index contributed by atoms with van der Waals surface area (Å²) >= 11 is 0. The summed E-state index contributed by atoms with van der Waals surface area (Å²) in [5.74, 6) is -0.399. The van der Waals surface area contributed by atoms with E-state index in [2.05, 4.69) is 23.5 Å². The van der Waals surface area contributed by atoms with Crippen LogP contribution in [0.25, 0.3) is 0 Å². The van der Waals surface area contributed by atoms with Gasteiger partial charge in [-0.1, -0.05) is 45.1 Å². The summed E-state index contributed by atoms with van der Waals surface area (Å²) in [4.78, 5) is 18.6. The van der Waals surface area contributed by atoms with Gasteiger partial charge in [0.25, 0.3) is 0 Å². The summed E-state index contributed by atoms with van der Waals surface area (Å²) < 4.78 is 75.9. The van der Waals surface area contributed by atoms with Crippen LogP contribution in [-0.2, 0) is 17.1 Å². The molecule has 0 saturated carbocycles. The number of hydrogen-bond acceptors (Lipinski definition) is 3. The number of nitriles is 1. The zero-order valence-electron chi connectivity index (χ0n) is 21.7. The second-order valence-corrected chi connectivity index (χ2v) is 7.72. The lowest BCUT2D eigenvalue weighted by atomic mass is 9.97. The van der Waals surface area contributed by atoms with Gasteiger partial charge in [-0.05, 0) is 49.6 Å². The number of carbonyl (C=O) groups excluding carboxylic acids is 1. The number of amidine groups is 1. The largest absolute Gasteiger partial charge is 0.416 e. The molecule has 1 atom stereocenters. The highest BCUT2D eigenvalue weighted by Crippen LogP contribution is 2.36. The zero-order chi connectivity index (χ0) is 29.7. The van der Waals surface area contributed by atoms with E-state index in [0.717, 1.165) is 6.42 Å². The molecule has 0 spiro atoms. The molecule has 5 nitrogen and oxygen atoms in total. The number of hydrogen-bond donors (Lipinski definition) is 1. The average molecular weight is 541 g/mol. The number of benzene rings is 1. The van der Waals surface area contributed by atoms with E-state index in [4.69, 9.17) is 11.0 Å². The molecule has 1 amide bonds. The van der Waals surface area contributed by atoms with Gasteiger partial charge in [0.1, 0.15) is 0 Å². The van der Waals surface area contributed by atoms with Gasteiger partial charge in [-0.15, -0.1) is 0 Å². The van der Waals surface area contributed by atoms with E-state index in [-0.39, 0.29) is 17.5 Å². The maximum atomic E-state index is 12.6. The maximum absolute atomic E-state index is 12.6. The number of alkyl halides is 6. The standard InChI is InChI=1S/C15H20N2O.C12H10F6N2/c1-5-11(4)8-13(9-12(6-2)10-16)14(7-3)15(17)18;1-3-20-10(19-2)7-4-8(11(13,14)15)6-9(5-7)12(16,17)18/h6-9,11H,2,5H2,1,3-4H3,(H2,17,18);3-6H,1-2H3/b12-9+,13-8+,14-7+;. The van der Waals surface area contributed by atoms with Crippen molar-refractivity contribution < 1.29 is 31.1 Å². The first-order valence-corrected chi connectivity index (χ1v) is 11.3. The first-order chi connectivity index (χ1) is 17.6. The van der Waals surface area contributed by atoms with Gasteiger partial charge in [-0.2, -0.15) is 31.6 Å². The monoisotopic (exact) mass is 540 g/mol. The first-order valence-electron chi connectivity index (χ1n) is 11.3. The number of nitrogens with zero attached hydrogens (tertiary/aromatic N) is 3. The van der Waals surface area contributed by atoms with Crippen LogP contribution in [-0.4, -0.2) is 25.0 Å². The quantitative estimate of drug-likeness (QED) is 0.0988. The molecule has 0 radical (unpaired) electrons. The van der Waals surface area contributed by atoms with Crippen molar-refractivity contribution in [2.24, 2.45) is 21.6 Å². The van der Waals surface area contributed by atoms with Crippen LogP contribution in [0.15, 0.2) is 75.8 Å². The Hall–Kier alpha value is -3.94. The zero-order valence-corrected chi connectivity index (χ0v) is 21.7. The van der Waals surface area contributed by atoms with E-state index < -0.39 is 29.4 Å². The number of halogens is 6. The topological polar surface area (TPSA) is 91.6 Å². The molecule has 2 N–H and O–H groups in total. The smallest absolute Gasteiger partial charge is 0.366 e. The Bertz CT molecular complexity index is 1150. The molecule has 1 aromatic carbocycles. The molecule has 0 saturated heterocycles. The molecular formula is C27H30F6N4O. The highest BCUT2D eigenvalue weighted by Gasteiger charge is 2.37. The van der Waals surface area contributed by atoms with Gasteiger partial charge in [0.05, 0.1) is 22.8 Å². The number of carbonyl (C=O) groups is 1. The Labute approximate surface area is 218 Å². The third-order valence-electron chi connectivity index (χ3n) is 4.94. The lowest BCUT2D eigenvalue weighted by Gasteiger charge is -2.13. The molecule has 0 bridgehead atoms. The van der Waals surface area contributed by atoms with Crippen LogP contribution in [0, 0.1) is 17.2 Å². The first kappa shape index (κ1) is 34.1. The number of allylic oxidation sites excluding steroid dienone is 5. The summed E-state index contributed by atoms with van der Waals surface area (Å²) in [5.41, 5.74) is 3.72. The van der Waals surface area contributed by atoms with Crippen molar-refractivity contribution in [1.29, 1.82) is 5.26 Å². The normalized spacial score (nSPS) is 14.5. The summed E-state index contributed by atoms with van der Waals surface area (Å²) in [6.45, 7) is 10.9. The fourth-order valence-electron chi connectivity index (χ4n) is 2.86. The third-order valence-corrected chi connectivity index (χ3v) is 4.94. The molecule has 1 rings (SSSR count). The molecule has 0 aromatic heterocycles. The SMILES string of the molecule is C=C\C(C#N)=C/C(=C\C(C)CC)C(=C\C)/C(N)=O.CC=NC(=NC)c1cc(C(F)(F)F)cc(C(F)(F)F)c1. The number of aliphatic imine (C=N–C) groups is 2. The van der Waals surface area contributed by atoms with Crippen LogP contribution in [0.2, 0.25) is 0 Å². The van der Waals surface area contributed by atoms with Crippen LogP contribution in [0.3, 0.4) is 0 Å². The van der Waals surface area contributed by atoms with Gasteiger partial charge in [-0.3, -0.25) is 9.79 Å². The highest BCUT2D eigenvalue weighted by atomic mass is 19.4. The molecule has 11 heteroatoms. The van der Waals surface area contributed by atoms with Crippen LogP contribution < -0.4 is 5.73 Å². The lowest BCUT2D eigenvalue weighted by molar-refractivity contribution is -0.143. The Morgan fingerprint density at radius 2 is 1.66 bits per heavy atom. The second kappa shape index (κ2) is 15.3. The number of nitrogens with two attached hydrogens (primary N) is 1. The lowest BCUT2D eigenvalue weighted by Crippen LogP contribution is -2.15. The predicted molar refractivity (Wildman–Crippen MR) is 137 cm³/mol. The van der Waals surface area contributed by atoms with E-state index in [1.54, 1.807) is 19.1 Å². The molecule has 1 unspecified atom stereocenters. The van der Waals surface area contributed by atoms with Crippen molar-refractivity contribution in [3.8, 4) is 6.07 Å². The number of amides is 1. The van der Waals surface area contributed by atoms with E-state index in [1.807, 2.05) is 19.1 Å². The summed E-state index contributed by atoms with van der Waals surface area (Å²) in [7, 11) is 1.23. The fraction of sp³-hybridized carbons (Fsp3) is 0.333. The molecule has 0 aliphatic carbocycles. The maximum Gasteiger partial charge on any atom is 0.416 e. The summed E-state index contributed by atoms with van der Waals surface area (Å²) in [6, 6.07) is 3.25. The van der Waals surface area contributed by atoms with Crippen molar-refractivity contribution in [3.63, 3.8) is 0 Å². The molecule has 206 valence electrons. The Kier molecular flexibility index (Phi) is 13.8. The average Bonchev–Trinajstić information content (AvgIpc) is 2.84. The Morgan fingerprint density at radius 1 is 1.13 bits per heavy atom. The Morgan fingerprint density at radius 3 is 1.97 bits per heavy atom. The van der Waals surface area contributed by atoms with Gasteiger partial charge >= 0.3 is 12.4 Å². The molecule has 0 heterocycles. The minimum atomic E-state index is -4.88. The van der Waals surface area contributed by atoms with Gasteiger partial charge in [0, 0.05) is 24.4 Å². The summed E-state index contributed by atoms with van der Waals surface area (Å²) in [6.07, 6.45) is -0.890. The van der Waals surface area contributed by atoms with Gasteiger partial charge < -0.3 is 5.73 Å². The molecule has 0 aliphatic rings. The van der Waals surface area contributed by atoms with Gasteiger partial charge in [0.15, 0.2) is 5.84 Å². The molecular weight excluding hydrogens is 510 g/mol. The number of primary amides is 1. The third kappa shape index (κ3) is 11.0. The van der Waals surface area contributed by atoms with E-state index >= 15 is 0 Å². The fourth-order valence-corrected chi connectivity index (χ4v) is 2.86. The highest BCUT2D eigenvalue weighted by molar-refractivity contribution is 6.03.